The van der Waals surface area contributed by atoms with E-state index in [2.05, 4.69) is 25.9 Å². The lowest BCUT2D eigenvalue weighted by Gasteiger charge is -2.60. The van der Waals surface area contributed by atoms with Crippen LogP contribution < -0.4 is 0 Å². The number of hydrogen-bond donors (Lipinski definition) is 1. The van der Waals surface area contributed by atoms with Gasteiger partial charge in [-0.15, -0.1) is 0 Å². The van der Waals surface area contributed by atoms with Crippen LogP contribution in [-0.4, -0.2) is 15.9 Å². The zero-order valence-corrected chi connectivity index (χ0v) is 15.3. The molecule has 132 valence electrons. The average molecular weight is 329 g/mol. The van der Waals surface area contributed by atoms with Gasteiger partial charge in [0.2, 0.25) is 0 Å². The maximum Gasteiger partial charge on any atom is 0.127 e. The van der Waals surface area contributed by atoms with Gasteiger partial charge in [0.25, 0.3) is 0 Å². The van der Waals surface area contributed by atoms with Gasteiger partial charge in [-0.25, -0.2) is 0 Å². The van der Waals surface area contributed by atoms with Crippen molar-refractivity contribution in [1.82, 2.24) is 5.16 Å². The summed E-state index contributed by atoms with van der Waals surface area (Å²) in [5.41, 5.74) is 2.65. The Morgan fingerprint density at radius 2 is 1.88 bits per heavy atom. The standard InChI is InChI=1S/C21H31NO2/c1-19-11-13-12-24-22-18(13)10-14(19)4-5-15-16(19)6-8-20(2)17(15)7-9-21(20,3)23/h12,14-17,23H,4-11H2,1-3H3/t14-,15+,16+,17-,19-,20+,21+/m0/s1. The fraction of sp³-hybridized carbons (Fsp3) is 0.857. The molecule has 0 aromatic carbocycles. The topological polar surface area (TPSA) is 46.3 Å². The molecular formula is C21H31NO2. The van der Waals surface area contributed by atoms with Crippen molar-refractivity contribution in [3.05, 3.63) is 17.5 Å². The summed E-state index contributed by atoms with van der Waals surface area (Å²) in [6.45, 7) is 7.04. The van der Waals surface area contributed by atoms with Crippen LogP contribution in [0.3, 0.4) is 0 Å². The molecule has 24 heavy (non-hydrogen) atoms. The van der Waals surface area contributed by atoms with Crippen LogP contribution in [0.5, 0.6) is 0 Å². The van der Waals surface area contributed by atoms with E-state index in [1.54, 1.807) is 0 Å². The lowest BCUT2D eigenvalue weighted by molar-refractivity contribution is -0.139. The molecule has 1 aromatic rings. The van der Waals surface area contributed by atoms with Gasteiger partial charge in [0, 0.05) is 5.56 Å². The molecule has 4 aliphatic rings. The van der Waals surface area contributed by atoms with Crippen LogP contribution in [0, 0.1) is 34.5 Å². The molecule has 0 unspecified atom stereocenters. The summed E-state index contributed by atoms with van der Waals surface area (Å²) in [5.74, 6) is 3.10. The van der Waals surface area contributed by atoms with E-state index in [4.69, 9.17) is 4.52 Å². The summed E-state index contributed by atoms with van der Waals surface area (Å²) < 4.78 is 5.28. The largest absolute Gasteiger partial charge is 0.390 e. The average Bonchev–Trinajstić information content (AvgIpc) is 3.06. The Kier molecular flexibility index (Phi) is 3.00. The number of aliphatic hydroxyl groups is 1. The first-order chi connectivity index (χ1) is 11.4. The Morgan fingerprint density at radius 1 is 1.08 bits per heavy atom. The second-order valence-corrected chi connectivity index (χ2v) is 10.1. The van der Waals surface area contributed by atoms with Crippen LogP contribution in [0.1, 0.15) is 70.6 Å². The molecule has 3 saturated carbocycles. The number of hydrogen-bond acceptors (Lipinski definition) is 3. The Hall–Kier alpha value is -0.830. The van der Waals surface area contributed by atoms with Gasteiger partial charge < -0.3 is 9.63 Å². The molecule has 0 radical (unpaired) electrons. The number of fused-ring (bicyclic) bond motifs is 6. The van der Waals surface area contributed by atoms with Gasteiger partial charge in [-0.3, -0.25) is 0 Å². The van der Waals surface area contributed by atoms with Gasteiger partial charge >= 0.3 is 0 Å². The summed E-state index contributed by atoms with van der Waals surface area (Å²) in [6.07, 6.45) is 11.6. The minimum Gasteiger partial charge on any atom is -0.390 e. The van der Waals surface area contributed by atoms with Gasteiger partial charge in [-0.1, -0.05) is 19.0 Å². The van der Waals surface area contributed by atoms with E-state index in [0.717, 1.165) is 37.0 Å². The quantitative estimate of drug-likeness (QED) is 0.768. The first-order valence-corrected chi connectivity index (χ1v) is 10.00. The number of nitrogens with zero attached hydrogens (tertiary/aromatic N) is 1. The van der Waals surface area contributed by atoms with Gasteiger partial charge in [-0.2, -0.15) is 0 Å². The van der Waals surface area contributed by atoms with Crippen molar-refractivity contribution in [2.75, 3.05) is 0 Å². The van der Waals surface area contributed by atoms with Crippen molar-refractivity contribution in [3.8, 4) is 0 Å². The lowest BCUT2D eigenvalue weighted by Crippen LogP contribution is -2.56. The first kappa shape index (κ1) is 15.4. The van der Waals surface area contributed by atoms with Crippen molar-refractivity contribution in [1.29, 1.82) is 0 Å². The van der Waals surface area contributed by atoms with Crippen molar-refractivity contribution >= 4 is 0 Å². The maximum atomic E-state index is 11.0. The highest BCUT2D eigenvalue weighted by atomic mass is 16.5. The third-order valence-electron chi connectivity index (χ3n) is 9.37. The van der Waals surface area contributed by atoms with Crippen molar-refractivity contribution < 1.29 is 9.63 Å². The summed E-state index contributed by atoms with van der Waals surface area (Å²) in [4.78, 5) is 0. The highest BCUT2D eigenvalue weighted by Gasteiger charge is 2.63. The van der Waals surface area contributed by atoms with Gasteiger partial charge in [-0.05, 0) is 92.8 Å². The molecule has 1 N–H and O–H groups in total. The second-order valence-electron chi connectivity index (χ2n) is 10.1. The summed E-state index contributed by atoms with van der Waals surface area (Å²) in [6, 6.07) is 0. The van der Waals surface area contributed by atoms with Crippen molar-refractivity contribution in [2.45, 2.75) is 77.7 Å². The maximum absolute atomic E-state index is 11.0. The Morgan fingerprint density at radius 3 is 2.71 bits per heavy atom. The Labute approximate surface area is 145 Å². The summed E-state index contributed by atoms with van der Waals surface area (Å²) in [7, 11) is 0. The molecular weight excluding hydrogens is 298 g/mol. The molecule has 4 aliphatic carbocycles. The third kappa shape index (κ3) is 1.75. The Bertz CT molecular complexity index is 665. The molecule has 3 heteroatoms. The van der Waals surface area contributed by atoms with Crippen molar-refractivity contribution in [2.24, 2.45) is 34.5 Å². The van der Waals surface area contributed by atoms with Crippen LogP contribution in [0.2, 0.25) is 0 Å². The molecule has 0 aliphatic heterocycles. The molecule has 0 spiro atoms. The van der Waals surface area contributed by atoms with E-state index >= 15 is 0 Å². The predicted molar refractivity (Wildman–Crippen MR) is 92.4 cm³/mol. The van der Waals surface area contributed by atoms with Crippen LogP contribution in [0.15, 0.2) is 10.8 Å². The fourth-order valence-electron chi connectivity index (χ4n) is 7.63. The zero-order chi connectivity index (χ0) is 16.7. The van der Waals surface area contributed by atoms with E-state index in [9.17, 15) is 5.11 Å². The molecule has 1 aromatic heterocycles. The van der Waals surface area contributed by atoms with Gasteiger partial charge in [0.1, 0.15) is 6.26 Å². The minimum atomic E-state index is -0.464. The van der Waals surface area contributed by atoms with Crippen LogP contribution in [-0.2, 0) is 12.8 Å². The fourth-order valence-corrected chi connectivity index (χ4v) is 7.63. The predicted octanol–water partition coefficient (Wildman–Crippen LogP) is 4.38. The monoisotopic (exact) mass is 329 g/mol. The molecule has 3 nitrogen and oxygen atoms in total. The normalized spacial score (nSPS) is 53.0. The zero-order valence-electron chi connectivity index (χ0n) is 15.3. The number of rotatable bonds is 0. The number of aromatic nitrogens is 1. The molecule has 3 fully saturated rings. The molecule has 1 heterocycles. The summed E-state index contributed by atoms with van der Waals surface area (Å²) >= 11 is 0. The van der Waals surface area contributed by atoms with Crippen LogP contribution in [0.4, 0.5) is 0 Å². The molecule has 0 saturated heterocycles. The molecule has 5 rings (SSSR count). The minimum absolute atomic E-state index is 0.133. The van der Waals surface area contributed by atoms with Crippen molar-refractivity contribution in [3.63, 3.8) is 0 Å². The molecule has 0 bridgehead atoms. The molecule has 0 amide bonds. The highest BCUT2D eigenvalue weighted by molar-refractivity contribution is 5.25. The first-order valence-electron chi connectivity index (χ1n) is 10.00. The molecule has 7 atom stereocenters. The third-order valence-corrected chi connectivity index (χ3v) is 9.37. The van der Waals surface area contributed by atoms with Crippen LogP contribution in [0.25, 0.3) is 0 Å². The van der Waals surface area contributed by atoms with Gasteiger partial charge in [0.05, 0.1) is 11.3 Å². The second kappa shape index (κ2) is 4.66. The van der Waals surface area contributed by atoms with E-state index in [1.807, 2.05) is 6.26 Å². The van der Waals surface area contributed by atoms with E-state index < -0.39 is 5.60 Å². The summed E-state index contributed by atoms with van der Waals surface area (Å²) in [5, 5.41) is 15.3. The SMILES string of the molecule is C[C@]12Cc3conc3C[C@@H]1CC[C@@H]1[C@H]2CC[C@]2(C)[C@H]1CC[C@@]2(C)O. The van der Waals surface area contributed by atoms with Crippen LogP contribution >= 0.6 is 0 Å². The lowest BCUT2D eigenvalue weighted by atomic mass is 9.44. The van der Waals surface area contributed by atoms with E-state index in [-0.39, 0.29) is 5.41 Å². The van der Waals surface area contributed by atoms with E-state index in [0.29, 0.717) is 11.3 Å². The smallest absolute Gasteiger partial charge is 0.127 e. The Balaban J connectivity index is 1.50. The van der Waals surface area contributed by atoms with E-state index in [1.165, 1.54) is 43.4 Å². The highest BCUT2D eigenvalue weighted by Crippen LogP contribution is 2.67. The van der Waals surface area contributed by atoms with Gasteiger partial charge in [0.15, 0.2) is 0 Å².